The first-order valence-electron chi connectivity index (χ1n) is 9.73. The van der Waals surface area contributed by atoms with Gasteiger partial charge in [-0.3, -0.25) is 19.4 Å². The quantitative estimate of drug-likeness (QED) is 0.869. The maximum atomic E-state index is 12.5. The molecule has 0 aromatic heterocycles. The van der Waals surface area contributed by atoms with E-state index < -0.39 is 0 Å². The number of piperazine rings is 1. The van der Waals surface area contributed by atoms with E-state index in [-0.39, 0.29) is 17.9 Å². The van der Waals surface area contributed by atoms with Crippen molar-refractivity contribution in [1.29, 1.82) is 0 Å². The zero-order valence-electron chi connectivity index (χ0n) is 15.7. The van der Waals surface area contributed by atoms with Gasteiger partial charge in [-0.15, -0.1) is 0 Å². The average Bonchev–Trinajstić information content (AvgIpc) is 2.69. The van der Waals surface area contributed by atoms with Gasteiger partial charge >= 0.3 is 0 Å². The molecule has 0 bridgehead atoms. The number of carbonyl (C=O) groups excluding carboxylic acids is 2. The van der Waals surface area contributed by atoms with Crippen molar-refractivity contribution in [3.05, 3.63) is 30.3 Å². The van der Waals surface area contributed by atoms with Crippen LogP contribution < -0.4 is 5.32 Å². The molecule has 1 N–H and O–H groups in total. The lowest BCUT2D eigenvalue weighted by molar-refractivity contribution is -0.134. The number of nitrogens with zero attached hydrogens (tertiary/aromatic N) is 3. The largest absolute Gasteiger partial charge is 0.342 e. The minimum absolute atomic E-state index is 0.0223. The van der Waals surface area contributed by atoms with Gasteiger partial charge in [-0.05, 0) is 38.3 Å². The van der Waals surface area contributed by atoms with Gasteiger partial charge in [-0.25, -0.2) is 0 Å². The van der Waals surface area contributed by atoms with Gasteiger partial charge in [-0.1, -0.05) is 18.2 Å². The van der Waals surface area contributed by atoms with Crippen molar-refractivity contribution in [3.63, 3.8) is 0 Å². The van der Waals surface area contributed by atoms with Gasteiger partial charge in [0.15, 0.2) is 0 Å². The molecule has 2 saturated heterocycles. The zero-order chi connectivity index (χ0) is 18.4. The first-order valence-corrected chi connectivity index (χ1v) is 9.73. The molecular formula is C20H30N4O2. The summed E-state index contributed by atoms with van der Waals surface area (Å²) in [6.45, 7) is 7.59. The van der Waals surface area contributed by atoms with Crippen molar-refractivity contribution >= 4 is 17.5 Å². The van der Waals surface area contributed by atoms with E-state index in [0.717, 1.165) is 57.8 Å². The highest BCUT2D eigenvalue weighted by atomic mass is 16.2. The van der Waals surface area contributed by atoms with Crippen molar-refractivity contribution in [2.75, 3.05) is 51.1 Å². The van der Waals surface area contributed by atoms with Crippen LogP contribution in [-0.2, 0) is 9.59 Å². The van der Waals surface area contributed by atoms with Gasteiger partial charge < -0.3 is 10.2 Å². The molecule has 2 aliphatic heterocycles. The minimum atomic E-state index is -0.171. The van der Waals surface area contributed by atoms with E-state index in [0.29, 0.717) is 6.54 Å². The SMILES string of the molecule is C[C@H](C(=O)Nc1ccccc1)N1CCN(CC(=O)N2CCCCC2)CC1. The number of carbonyl (C=O) groups is 2. The van der Waals surface area contributed by atoms with Crippen LogP contribution in [0.2, 0.25) is 0 Å². The highest BCUT2D eigenvalue weighted by Gasteiger charge is 2.27. The standard InChI is InChI=1S/C20H30N4O2/c1-17(20(26)21-18-8-4-2-5-9-18)23-14-12-22(13-15-23)16-19(25)24-10-6-3-7-11-24/h2,4-5,8-9,17H,3,6-7,10-16H2,1H3,(H,21,26)/t17-/m1/s1. The Kier molecular flexibility index (Phi) is 6.63. The van der Waals surface area contributed by atoms with Crippen molar-refractivity contribution in [2.45, 2.75) is 32.2 Å². The number of hydrogen-bond donors (Lipinski definition) is 1. The summed E-state index contributed by atoms with van der Waals surface area (Å²) in [7, 11) is 0. The van der Waals surface area contributed by atoms with Crippen LogP contribution in [0, 0.1) is 0 Å². The van der Waals surface area contributed by atoms with E-state index in [9.17, 15) is 9.59 Å². The predicted molar refractivity (Wildman–Crippen MR) is 103 cm³/mol. The van der Waals surface area contributed by atoms with Crippen LogP contribution in [-0.4, -0.2) is 78.4 Å². The highest BCUT2D eigenvalue weighted by Crippen LogP contribution is 2.12. The lowest BCUT2D eigenvalue weighted by atomic mass is 10.1. The Balaban J connectivity index is 1.42. The minimum Gasteiger partial charge on any atom is -0.342 e. The lowest BCUT2D eigenvalue weighted by Gasteiger charge is -2.38. The fraction of sp³-hybridized carbons (Fsp3) is 0.600. The molecule has 1 atom stereocenters. The smallest absolute Gasteiger partial charge is 0.241 e. The molecule has 0 radical (unpaired) electrons. The van der Waals surface area contributed by atoms with Crippen LogP contribution in [0.15, 0.2) is 30.3 Å². The summed E-state index contributed by atoms with van der Waals surface area (Å²) in [5.74, 6) is 0.280. The fourth-order valence-electron chi connectivity index (χ4n) is 3.68. The number of hydrogen-bond acceptors (Lipinski definition) is 4. The van der Waals surface area contributed by atoms with E-state index in [2.05, 4.69) is 15.1 Å². The molecule has 0 spiro atoms. The Morgan fingerprint density at radius 1 is 0.962 bits per heavy atom. The Bertz CT molecular complexity index is 593. The molecule has 0 unspecified atom stereocenters. The summed E-state index contributed by atoms with van der Waals surface area (Å²) in [4.78, 5) is 31.3. The molecule has 2 fully saturated rings. The van der Waals surface area contributed by atoms with Gasteiger partial charge in [0.05, 0.1) is 12.6 Å². The number of amides is 2. The van der Waals surface area contributed by atoms with Gasteiger partial charge in [0, 0.05) is 45.0 Å². The van der Waals surface area contributed by atoms with Gasteiger partial charge in [0.1, 0.15) is 0 Å². The molecule has 6 nitrogen and oxygen atoms in total. The number of nitrogens with one attached hydrogen (secondary N) is 1. The Labute approximate surface area is 156 Å². The summed E-state index contributed by atoms with van der Waals surface area (Å²) in [6.07, 6.45) is 3.51. The number of benzene rings is 1. The highest BCUT2D eigenvalue weighted by molar-refractivity contribution is 5.94. The fourth-order valence-corrected chi connectivity index (χ4v) is 3.68. The number of para-hydroxylation sites is 1. The molecule has 2 aliphatic rings. The maximum Gasteiger partial charge on any atom is 0.241 e. The van der Waals surface area contributed by atoms with Crippen LogP contribution in [0.25, 0.3) is 0 Å². The Hall–Kier alpha value is -1.92. The molecule has 2 heterocycles. The third-order valence-corrected chi connectivity index (χ3v) is 5.44. The van der Waals surface area contributed by atoms with Crippen LogP contribution in [0.4, 0.5) is 5.69 Å². The number of likely N-dealkylation sites (tertiary alicyclic amines) is 1. The van der Waals surface area contributed by atoms with E-state index in [1.165, 1.54) is 6.42 Å². The maximum absolute atomic E-state index is 12.5. The van der Waals surface area contributed by atoms with E-state index in [4.69, 9.17) is 0 Å². The van der Waals surface area contributed by atoms with Crippen molar-refractivity contribution in [1.82, 2.24) is 14.7 Å². The first-order chi connectivity index (χ1) is 12.6. The molecule has 3 rings (SSSR count). The van der Waals surface area contributed by atoms with Gasteiger partial charge in [0.25, 0.3) is 0 Å². The number of piperidine rings is 1. The third-order valence-electron chi connectivity index (χ3n) is 5.44. The second-order valence-corrected chi connectivity index (χ2v) is 7.28. The van der Waals surface area contributed by atoms with E-state index >= 15 is 0 Å². The third kappa shape index (κ3) is 5.05. The second kappa shape index (κ2) is 9.14. The molecule has 6 heteroatoms. The topological polar surface area (TPSA) is 55.9 Å². The molecule has 1 aromatic carbocycles. The zero-order valence-corrected chi connectivity index (χ0v) is 15.7. The summed E-state index contributed by atoms with van der Waals surface area (Å²) in [6, 6.07) is 9.39. The van der Waals surface area contributed by atoms with E-state index in [1.54, 1.807) is 0 Å². The van der Waals surface area contributed by atoms with Crippen molar-refractivity contribution in [3.8, 4) is 0 Å². The molecule has 26 heavy (non-hydrogen) atoms. The molecule has 0 saturated carbocycles. The molecule has 2 amide bonds. The van der Waals surface area contributed by atoms with Crippen LogP contribution in [0.5, 0.6) is 0 Å². The Morgan fingerprint density at radius 3 is 2.27 bits per heavy atom. The molecule has 1 aromatic rings. The van der Waals surface area contributed by atoms with Crippen LogP contribution in [0.3, 0.4) is 0 Å². The second-order valence-electron chi connectivity index (χ2n) is 7.28. The summed E-state index contributed by atoms with van der Waals surface area (Å²) >= 11 is 0. The average molecular weight is 358 g/mol. The normalized spacial score (nSPS) is 20.6. The molecule has 142 valence electrons. The van der Waals surface area contributed by atoms with E-state index in [1.807, 2.05) is 42.2 Å². The van der Waals surface area contributed by atoms with Gasteiger partial charge in [-0.2, -0.15) is 0 Å². The monoisotopic (exact) mass is 358 g/mol. The lowest BCUT2D eigenvalue weighted by Crippen LogP contribution is -2.54. The molecular weight excluding hydrogens is 328 g/mol. The number of rotatable bonds is 5. The summed E-state index contributed by atoms with van der Waals surface area (Å²) < 4.78 is 0. The number of anilines is 1. The predicted octanol–water partition coefficient (Wildman–Crippen LogP) is 1.64. The van der Waals surface area contributed by atoms with Crippen LogP contribution in [0.1, 0.15) is 26.2 Å². The van der Waals surface area contributed by atoms with Crippen molar-refractivity contribution < 1.29 is 9.59 Å². The van der Waals surface area contributed by atoms with Crippen molar-refractivity contribution in [2.24, 2.45) is 0 Å². The first kappa shape index (κ1) is 18.9. The van der Waals surface area contributed by atoms with Crippen LogP contribution >= 0.6 is 0 Å². The summed E-state index contributed by atoms with van der Waals surface area (Å²) in [5.41, 5.74) is 0.829. The van der Waals surface area contributed by atoms with Gasteiger partial charge in [0.2, 0.25) is 11.8 Å². The summed E-state index contributed by atoms with van der Waals surface area (Å²) in [5, 5.41) is 2.97. The molecule has 0 aliphatic carbocycles. The Morgan fingerprint density at radius 2 is 1.62 bits per heavy atom.